The molecule has 0 aromatic heterocycles. The lowest BCUT2D eigenvalue weighted by Crippen LogP contribution is -2.54. The number of ketones is 3. The zero-order valence-corrected chi connectivity index (χ0v) is 61.5. The summed E-state index contributed by atoms with van der Waals surface area (Å²) in [7, 11) is 6.23. The lowest BCUT2D eigenvalue weighted by Gasteiger charge is -2.41. The fourth-order valence-electron chi connectivity index (χ4n) is 15.1. The number of amides is 6. The van der Waals surface area contributed by atoms with Crippen molar-refractivity contribution in [1.82, 2.24) is 24.9 Å². The van der Waals surface area contributed by atoms with Gasteiger partial charge in [0.25, 0.3) is 0 Å². The van der Waals surface area contributed by atoms with E-state index in [1.165, 1.54) is 19.1 Å². The molecule has 1 aliphatic carbocycles. The number of unbranched alkanes of at least 4 members (excludes halogenated alkanes) is 2. The fourth-order valence-corrected chi connectivity index (χ4v) is 15.1. The Morgan fingerprint density at radius 2 is 1.34 bits per heavy atom. The number of alkyl halides is 3. The Balaban J connectivity index is 1.21. The standard InChI is InChI=1S/C76H118F3N7O13/c1-15-49(8)70(63(97-13)43-67(92)85-38-22-25-59(85)72(98-14)51(10)60(87)39-50(9)71(93)55-23-18-16-19-24-55)83(11)74(95)58(46(2)3)42-62(89)69(48(6)7)84(12)75(96)99-45-54-31-33-57(34-32-54)81-73(94)56(40-52-27-29-53(44-80)30-28-52)41-61(88)68(47(4)5)82-64(76(77,78)79)26-20-17-21-37-86-65(90)35-36-66(86)91/h16,18-19,23-24,31-34,46-53,56,58-59,63-64,68-72,82,93H,15,17,20-22,25-30,35-45,80H2,1-14H3,(H,81,94)/t49-,50-,51-,52?,53?,56+,58-,59-,63+,64+,68-,69-,70-,71+,72+/m0/s1. The first kappa shape index (κ1) is 83.5. The third-order valence-corrected chi connectivity index (χ3v) is 21.4. The molecular formula is C76H118F3N7O13. The molecule has 6 amide bonds. The normalized spacial score (nSPS) is 20.5. The molecule has 1 saturated carbocycles. The first-order chi connectivity index (χ1) is 46.8. The molecule has 0 bridgehead atoms. The van der Waals surface area contributed by atoms with Crippen molar-refractivity contribution in [2.75, 3.05) is 53.3 Å². The first-order valence-corrected chi connectivity index (χ1v) is 36.4. The molecule has 0 unspecified atom stereocenters. The molecule has 2 aromatic carbocycles. The molecule has 3 aliphatic rings. The highest BCUT2D eigenvalue weighted by Gasteiger charge is 2.46. The van der Waals surface area contributed by atoms with Crippen LogP contribution in [0.25, 0.3) is 0 Å². The topological polar surface area (TPSA) is 265 Å². The molecule has 5 rings (SSSR count). The van der Waals surface area contributed by atoms with Gasteiger partial charge in [-0.05, 0) is 116 Å². The van der Waals surface area contributed by atoms with Gasteiger partial charge in [0.1, 0.15) is 18.4 Å². The number of nitrogens with zero attached hydrogens (tertiary/aromatic N) is 4. The number of aliphatic hydroxyl groups excluding tert-OH is 1. The smallest absolute Gasteiger partial charge is 0.410 e. The second-order valence-corrected chi connectivity index (χ2v) is 29.7. The average molecular weight is 1390 g/mol. The number of imide groups is 1. The van der Waals surface area contributed by atoms with Crippen LogP contribution in [0.2, 0.25) is 0 Å². The van der Waals surface area contributed by atoms with E-state index in [0.717, 1.165) is 36.1 Å². The number of rotatable bonds is 41. The summed E-state index contributed by atoms with van der Waals surface area (Å²) in [5, 5.41) is 16.6. The van der Waals surface area contributed by atoms with Gasteiger partial charge in [0, 0.05) is 96.9 Å². The summed E-state index contributed by atoms with van der Waals surface area (Å²) in [5.41, 5.74) is 7.65. The van der Waals surface area contributed by atoms with Gasteiger partial charge in [0.05, 0.1) is 48.9 Å². The summed E-state index contributed by atoms with van der Waals surface area (Å²) in [6, 6.07) is 10.6. The van der Waals surface area contributed by atoms with Gasteiger partial charge in [-0.1, -0.05) is 144 Å². The lowest BCUT2D eigenvalue weighted by molar-refractivity contribution is -0.161. The van der Waals surface area contributed by atoms with E-state index in [1.807, 2.05) is 85.7 Å². The number of benzene rings is 2. The molecule has 556 valence electrons. The summed E-state index contributed by atoms with van der Waals surface area (Å²) < 4.78 is 61.8. The van der Waals surface area contributed by atoms with Crippen molar-refractivity contribution in [3.8, 4) is 0 Å². The van der Waals surface area contributed by atoms with Crippen LogP contribution >= 0.6 is 0 Å². The Morgan fingerprint density at radius 1 is 0.717 bits per heavy atom. The number of anilines is 1. The highest BCUT2D eigenvalue weighted by molar-refractivity contribution is 6.02. The molecule has 99 heavy (non-hydrogen) atoms. The number of halogens is 3. The minimum absolute atomic E-state index is 0.0599. The van der Waals surface area contributed by atoms with Crippen molar-refractivity contribution in [1.29, 1.82) is 0 Å². The van der Waals surface area contributed by atoms with Crippen LogP contribution in [-0.2, 0) is 59.2 Å². The average Bonchev–Trinajstić information content (AvgIpc) is 1.79. The lowest BCUT2D eigenvalue weighted by atomic mass is 9.76. The van der Waals surface area contributed by atoms with Crippen LogP contribution in [0.15, 0.2) is 54.6 Å². The number of likely N-dealkylation sites (tertiary alicyclic amines) is 2. The van der Waals surface area contributed by atoms with E-state index in [0.29, 0.717) is 68.8 Å². The highest BCUT2D eigenvalue weighted by atomic mass is 19.4. The van der Waals surface area contributed by atoms with Crippen LogP contribution in [0, 0.1) is 59.2 Å². The quantitative estimate of drug-likeness (QED) is 0.0356. The van der Waals surface area contributed by atoms with Crippen molar-refractivity contribution in [2.24, 2.45) is 64.9 Å². The van der Waals surface area contributed by atoms with Crippen LogP contribution in [-0.4, -0.2) is 174 Å². The van der Waals surface area contributed by atoms with Crippen LogP contribution in [0.1, 0.15) is 202 Å². The van der Waals surface area contributed by atoms with Gasteiger partial charge < -0.3 is 45.1 Å². The molecule has 0 spiro atoms. The molecule has 2 aliphatic heterocycles. The molecule has 2 aromatic rings. The number of carbonyl (C=O) groups excluding carboxylic acids is 9. The Hall–Kier alpha value is -6.14. The number of hydrogen-bond donors (Lipinski definition) is 4. The summed E-state index contributed by atoms with van der Waals surface area (Å²) in [4.78, 5) is 130. The Labute approximate surface area is 586 Å². The van der Waals surface area contributed by atoms with Crippen molar-refractivity contribution in [2.45, 2.75) is 246 Å². The largest absolute Gasteiger partial charge is 0.445 e. The number of carbonyl (C=O) groups is 9. The predicted molar refractivity (Wildman–Crippen MR) is 374 cm³/mol. The van der Waals surface area contributed by atoms with Crippen LogP contribution in [0.5, 0.6) is 0 Å². The molecule has 0 radical (unpaired) electrons. The number of Topliss-reactive ketones (excluding diaryl/α,β-unsaturated/α-hetero) is 3. The zero-order chi connectivity index (χ0) is 73.6. The molecule has 3 fully saturated rings. The summed E-state index contributed by atoms with van der Waals surface area (Å²) in [6.45, 7) is 19.3. The van der Waals surface area contributed by atoms with Crippen molar-refractivity contribution in [3.05, 3.63) is 65.7 Å². The van der Waals surface area contributed by atoms with Gasteiger partial charge in [-0.15, -0.1) is 0 Å². The van der Waals surface area contributed by atoms with Crippen LogP contribution in [0.4, 0.5) is 23.7 Å². The summed E-state index contributed by atoms with van der Waals surface area (Å²) >= 11 is 0. The van der Waals surface area contributed by atoms with Gasteiger partial charge in [-0.2, -0.15) is 13.2 Å². The molecule has 2 heterocycles. The predicted octanol–water partition coefficient (Wildman–Crippen LogP) is 11.7. The monoisotopic (exact) mass is 1390 g/mol. The fraction of sp³-hybridized carbons (Fsp3) is 0.724. The minimum atomic E-state index is -4.68. The van der Waals surface area contributed by atoms with E-state index in [1.54, 1.807) is 62.1 Å². The number of nitrogens with two attached hydrogens (primary N) is 1. The first-order valence-electron chi connectivity index (χ1n) is 36.4. The maximum absolute atomic E-state index is 14.9. The zero-order valence-electron chi connectivity index (χ0n) is 61.5. The number of likely N-dealkylation sites (N-methyl/N-ethyl adjacent to an activating group) is 2. The summed E-state index contributed by atoms with van der Waals surface area (Å²) in [5.74, 6) is -5.98. The van der Waals surface area contributed by atoms with E-state index in [-0.39, 0.29) is 129 Å². The molecule has 2 saturated heterocycles. The number of nitrogens with one attached hydrogen (secondary N) is 2. The van der Waals surface area contributed by atoms with Crippen molar-refractivity contribution < 1.29 is 75.6 Å². The van der Waals surface area contributed by atoms with Crippen LogP contribution < -0.4 is 16.4 Å². The van der Waals surface area contributed by atoms with E-state index < -0.39 is 96.2 Å². The molecule has 20 nitrogen and oxygen atoms in total. The third-order valence-electron chi connectivity index (χ3n) is 21.4. The SMILES string of the molecule is CC[C@H](C)[C@@H]([C@@H](CC(=O)N1CCC[C@H]1[C@H](OC)[C@@H](C)C(=O)C[C@H](C)[C@@H](O)c1ccccc1)OC)N(C)C(=O)[C@@H](CC(=O)[C@H](C(C)C)N(C)C(=O)OCc1ccc(NC(=O)[C@@H](CC(=O)[C@@H](N[C@H](CCCCCN2C(=O)CCC2=O)C(F)(F)F)C(C)C)CC2CCC(CN)CC2)cc1)C(C)C. The van der Waals surface area contributed by atoms with Gasteiger partial charge in [0.15, 0.2) is 11.6 Å². The number of methoxy groups -OCH3 is 2. The van der Waals surface area contributed by atoms with Crippen molar-refractivity contribution >= 4 is 58.7 Å². The number of hydrogen-bond acceptors (Lipinski definition) is 15. The number of aliphatic hydroxyl groups is 1. The maximum Gasteiger partial charge on any atom is 0.410 e. The van der Waals surface area contributed by atoms with E-state index in [4.69, 9.17) is 19.9 Å². The molecule has 23 heteroatoms. The van der Waals surface area contributed by atoms with E-state index in [2.05, 4.69) is 10.6 Å². The van der Waals surface area contributed by atoms with Gasteiger partial charge in [-0.25, -0.2) is 4.79 Å². The maximum atomic E-state index is 14.9. The molecule has 5 N–H and O–H groups in total. The Bertz CT molecular complexity index is 2910. The van der Waals surface area contributed by atoms with Crippen LogP contribution in [0.3, 0.4) is 0 Å². The van der Waals surface area contributed by atoms with Gasteiger partial charge in [0.2, 0.25) is 29.5 Å². The Morgan fingerprint density at radius 3 is 1.90 bits per heavy atom. The second-order valence-electron chi connectivity index (χ2n) is 29.7. The molecule has 13 atom stereocenters. The Kier molecular flexibility index (Phi) is 33.7. The van der Waals surface area contributed by atoms with Gasteiger partial charge in [-0.3, -0.25) is 48.6 Å². The van der Waals surface area contributed by atoms with Gasteiger partial charge >= 0.3 is 12.3 Å². The summed E-state index contributed by atoms with van der Waals surface area (Å²) in [6.07, 6.45) is -1.59. The van der Waals surface area contributed by atoms with E-state index in [9.17, 15) is 61.4 Å². The minimum Gasteiger partial charge on any atom is -0.445 e. The molecular weight excluding hydrogens is 1280 g/mol. The number of ether oxygens (including phenoxy) is 3. The third kappa shape index (κ3) is 24.0. The highest BCUT2D eigenvalue weighted by Crippen LogP contribution is 2.37. The second kappa shape index (κ2) is 39.9. The van der Waals surface area contributed by atoms with E-state index >= 15 is 0 Å². The van der Waals surface area contributed by atoms with Crippen molar-refractivity contribution in [3.63, 3.8) is 0 Å².